The number of carbonyl (C=O) groups is 2. The van der Waals surface area contributed by atoms with Crippen LogP contribution in [0.1, 0.15) is 39.0 Å². The van der Waals surface area contributed by atoms with E-state index in [1.165, 1.54) is 11.1 Å². The highest BCUT2D eigenvalue weighted by molar-refractivity contribution is 6.35. The van der Waals surface area contributed by atoms with Gasteiger partial charge >= 0.3 is 5.97 Å². The average Bonchev–Trinajstić information content (AvgIpc) is 2.80. The van der Waals surface area contributed by atoms with Gasteiger partial charge in [0.05, 0.1) is 6.42 Å². The van der Waals surface area contributed by atoms with Crippen molar-refractivity contribution in [2.75, 3.05) is 13.1 Å². The molecule has 34 heavy (non-hydrogen) atoms. The van der Waals surface area contributed by atoms with E-state index in [1.807, 2.05) is 24.3 Å². The maximum absolute atomic E-state index is 12.2. The van der Waals surface area contributed by atoms with E-state index < -0.39 is 5.97 Å². The molecular formula is C27H28Cl2N2O3. The number of carboxylic acid groups (broad SMARTS) is 1. The van der Waals surface area contributed by atoms with E-state index in [0.717, 1.165) is 30.6 Å². The molecule has 2 N–H and O–H groups in total. The summed E-state index contributed by atoms with van der Waals surface area (Å²) in [6, 6.07) is 21.5. The summed E-state index contributed by atoms with van der Waals surface area (Å²) in [5.74, 6) is -1.22. The molecule has 0 saturated carbocycles. The molecule has 0 aliphatic rings. The van der Waals surface area contributed by atoms with Crippen molar-refractivity contribution in [1.29, 1.82) is 0 Å². The minimum absolute atomic E-state index is 0.102. The lowest BCUT2D eigenvalue weighted by atomic mass is 10.1. The Hall–Kier alpha value is -2.86. The molecule has 1 amide bonds. The molecule has 0 unspecified atom stereocenters. The number of hydrogen-bond acceptors (Lipinski definition) is 3. The van der Waals surface area contributed by atoms with Gasteiger partial charge in [-0.25, -0.2) is 0 Å². The first-order valence-corrected chi connectivity index (χ1v) is 11.9. The lowest BCUT2D eigenvalue weighted by Crippen LogP contribution is -2.26. The second kappa shape index (κ2) is 12.6. The molecule has 0 aliphatic carbocycles. The Bertz CT molecular complexity index is 1120. The van der Waals surface area contributed by atoms with Crippen LogP contribution in [0.3, 0.4) is 0 Å². The van der Waals surface area contributed by atoms with Crippen LogP contribution in [0.4, 0.5) is 0 Å². The van der Waals surface area contributed by atoms with Gasteiger partial charge in [0.25, 0.3) is 5.91 Å². The molecule has 0 fully saturated rings. The zero-order valence-electron chi connectivity index (χ0n) is 19.1. The number of aryl methyl sites for hydroxylation is 1. The number of carboxylic acids is 1. The van der Waals surface area contributed by atoms with Crippen molar-refractivity contribution in [1.82, 2.24) is 10.2 Å². The number of rotatable bonds is 11. The fourth-order valence-corrected chi connectivity index (χ4v) is 4.08. The Kier molecular flexibility index (Phi) is 9.52. The number of amides is 1. The Labute approximate surface area is 210 Å². The van der Waals surface area contributed by atoms with Gasteiger partial charge in [-0.05, 0) is 54.3 Å². The molecular weight excluding hydrogens is 471 g/mol. The highest BCUT2D eigenvalue weighted by atomic mass is 35.5. The molecule has 0 bridgehead atoms. The van der Waals surface area contributed by atoms with E-state index >= 15 is 0 Å². The molecule has 178 valence electrons. The molecule has 0 radical (unpaired) electrons. The summed E-state index contributed by atoms with van der Waals surface area (Å²) in [5, 5.41) is 12.6. The molecule has 5 nitrogen and oxygen atoms in total. The first-order chi connectivity index (χ1) is 16.3. The van der Waals surface area contributed by atoms with Gasteiger partial charge in [-0.15, -0.1) is 0 Å². The van der Waals surface area contributed by atoms with Gasteiger partial charge in [0.1, 0.15) is 0 Å². The van der Waals surface area contributed by atoms with Crippen LogP contribution in [0.2, 0.25) is 10.0 Å². The molecule has 7 heteroatoms. The number of benzene rings is 3. The van der Waals surface area contributed by atoms with Crippen LogP contribution in [-0.2, 0) is 24.3 Å². The van der Waals surface area contributed by atoms with Crippen LogP contribution in [0.25, 0.3) is 0 Å². The van der Waals surface area contributed by atoms with Crippen LogP contribution < -0.4 is 5.32 Å². The minimum Gasteiger partial charge on any atom is -0.481 e. The van der Waals surface area contributed by atoms with Crippen molar-refractivity contribution in [2.24, 2.45) is 0 Å². The predicted octanol–water partition coefficient (Wildman–Crippen LogP) is 5.75. The van der Waals surface area contributed by atoms with Crippen LogP contribution in [0.15, 0.2) is 66.7 Å². The van der Waals surface area contributed by atoms with E-state index in [-0.39, 0.29) is 18.9 Å². The topological polar surface area (TPSA) is 69.6 Å². The summed E-state index contributed by atoms with van der Waals surface area (Å²) in [4.78, 5) is 25.2. The number of hydrogen-bond donors (Lipinski definition) is 2. The van der Waals surface area contributed by atoms with Gasteiger partial charge in [-0.1, -0.05) is 71.2 Å². The third-order valence-electron chi connectivity index (χ3n) is 5.49. The van der Waals surface area contributed by atoms with Gasteiger partial charge in [0.2, 0.25) is 0 Å². The van der Waals surface area contributed by atoms with Crippen LogP contribution in [0, 0.1) is 6.92 Å². The number of nitrogens with zero attached hydrogens (tertiary/aromatic N) is 1. The molecule has 0 aromatic heterocycles. The highest BCUT2D eigenvalue weighted by Crippen LogP contribution is 2.22. The van der Waals surface area contributed by atoms with Crippen molar-refractivity contribution < 1.29 is 14.7 Å². The first-order valence-electron chi connectivity index (χ1n) is 11.1. The Morgan fingerprint density at radius 2 is 1.53 bits per heavy atom. The maximum Gasteiger partial charge on any atom is 0.305 e. The zero-order chi connectivity index (χ0) is 24.5. The van der Waals surface area contributed by atoms with Gasteiger partial charge in [-0.3, -0.25) is 14.5 Å². The molecule has 0 spiro atoms. The van der Waals surface area contributed by atoms with Crippen molar-refractivity contribution in [3.63, 3.8) is 0 Å². The summed E-state index contributed by atoms with van der Waals surface area (Å²) < 4.78 is 0. The monoisotopic (exact) mass is 498 g/mol. The fraction of sp³-hybridized carbons (Fsp3) is 0.259. The molecule has 3 rings (SSSR count). The van der Waals surface area contributed by atoms with E-state index in [2.05, 4.69) is 41.4 Å². The van der Waals surface area contributed by atoms with E-state index in [1.54, 1.807) is 18.2 Å². The third-order valence-corrected chi connectivity index (χ3v) is 6.07. The minimum atomic E-state index is -0.941. The van der Waals surface area contributed by atoms with Gasteiger partial charge in [0.15, 0.2) is 0 Å². The SMILES string of the molecule is Cc1ccc(CN(CCc2ccc(Cl)cc2Cl)Cc2ccc(C(=O)NCCC(=O)O)cc2)cc1. The maximum atomic E-state index is 12.2. The normalized spacial score (nSPS) is 10.9. The fourth-order valence-electron chi connectivity index (χ4n) is 3.57. The summed E-state index contributed by atoms with van der Waals surface area (Å²) in [5.41, 5.74) is 5.08. The molecule has 0 saturated heterocycles. The standard InChI is InChI=1S/C27H28Cl2N2O3/c1-19-2-4-20(5-3-19)17-31(15-13-22-10-11-24(28)16-25(22)29)18-21-6-8-23(9-7-21)27(34)30-14-12-26(32)33/h2-11,16H,12-15,17-18H2,1H3,(H,30,34)(H,32,33). The zero-order valence-corrected chi connectivity index (χ0v) is 20.6. The summed E-state index contributed by atoms with van der Waals surface area (Å²) >= 11 is 12.4. The number of halogens is 2. The Balaban J connectivity index is 1.67. The smallest absolute Gasteiger partial charge is 0.305 e. The third kappa shape index (κ3) is 8.17. The molecule has 0 aliphatic heterocycles. The van der Waals surface area contributed by atoms with Crippen molar-refractivity contribution >= 4 is 35.1 Å². The summed E-state index contributed by atoms with van der Waals surface area (Å²) in [6.45, 7) is 4.46. The van der Waals surface area contributed by atoms with Crippen molar-refractivity contribution in [3.05, 3.63) is 105 Å². The van der Waals surface area contributed by atoms with Gasteiger partial charge < -0.3 is 10.4 Å². The van der Waals surface area contributed by atoms with E-state index in [0.29, 0.717) is 22.2 Å². The molecule has 0 atom stereocenters. The second-order valence-electron chi connectivity index (χ2n) is 8.28. The van der Waals surface area contributed by atoms with Crippen LogP contribution in [-0.4, -0.2) is 35.0 Å². The van der Waals surface area contributed by atoms with E-state index in [9.17, 15) is 9.59 Å². The number of aliphatic carboxylic acids is 1. The Morgan fingerprint density at radius 3 is 2.12 bits per heavy atom. The first kappa shape index (κ1) is 25.8. The van der Waals surface area contributed by atoms with E-state index in [4.69, 9.17) is 28.3 Å². The van der Waals surface area contributed by atoms with Crippen LogP contribution in [0.5, 0.6) is 0 Å². The molecule has 0 heterocycles. The van der Waals surface area contributed by atoms with Gasteiger partial charge in [-0.2, -0.15) is 0 Å². The summed E-state index contributed by atoms with van der Waals surface area (Å²) in [7, 11) is 0. The second-order valence-corrected chi connectivity index (χ2v) is 9.12. The molecule has 3 aromatic carbocycles. The van der Waals surface area contributed by atoms with Crippen molar-refractivity contribution in [2.45, 2.75) is 32.9 Å². The largest absolute Gasteiger partial charge is 0.481 e. The Morgan fingerprint density at radius 1 is 0.912 bits per heavy atom. The quantitative estimate of drug-likeness (QED) is 0.353. The van der Waals surface area contributed by atoms with Gasteiger partial charge in [0, 0.05) is 41.8 Å². The predicted molar refractivity (Wildman–Crippen MR) is 136 cm³/mol. The lowest BCUT2D eigenvalue weighted by molar-refractivity contribution is -0.136. The number of nitrogens with one attached hydrogen (secondary N) is 1. The lowest BCUT2D eigenvalue weighted by Gasteiger charge is -2.23. The molecule has 3 aromatic rings. The summed E-state index contributed by atoms with van der Waals surface area (Å²) in [6.07, 6.45) is 0.682. The van der Waals surface area contributed by atoms with Crippen LogP contribution >= 0.6 is 23.2 Å². The average molecular weight is 499 g/mol. The van der Waals surface area contributed by atoms with Crippen molar-refractivity contribution in [3.8, 4) is 0 Å². The number of carbonyl (C=O) groups excluding carboxylic acids is 1. The highest BCUT2D eigenvalue weighted by Gasteiger charge is 2.11.